The number of hydrogen-bond acceptors (Lipinski definition) is 2. The maximum atomic E-state index is 12.3. The molecule has 4 heteroatoms. The van der Waals surface area contributed by atoms with E-state index in [1.165, 1.54) is 0 Å². The Kier molecular flexibility index (Phi) is 3.54. The highest BCUT2D eigenvalue weighted by molar-refractivity contribution is 9.10. The lowest BCUT2D eigenvalue weighted by Gasteiger charge is -2.43. The van der Waals surface area contributed by atoms with Gasteiger partial charge >= 0.3 is 0 Å². The van der Waals surface area contributed by atoms with E-state index in [9.17, 15) is 4.79 Å². The summed E-state index contributed by atoms with van der Waals surface area (Å²) in [6.07, 6.45) is 0. The number of halogens is 1. The Morgan fingerprint density at radius 1 is 1.41 bits per heavy atom. The van der Waals surface area contributed by atoms with Crippen molar-refractivity contribution < 1.29 is 4.79 Å². The monoisotopic (exact) mass is 296 g/mol. The van der Waals surface area contributed by atoms with Gasteiger partial charge in [0, 0.05) is 23.6 Å². The third-order valence-electron chi connectivity index (χ3n) is 3.32. The second kappa shape index (κ2) is 4.78. The van der Waals surface area contributed by atoms with E-state index in [-0.39, 0.29) is 5.91 Å². The molecular weight excluding hydrogens is 280 g/mol. The quantitative estimate of drug-likeness (QED) is 0.835. The first-order valence-corrected chi connectivity index (χ1v) is 6.51. The summed E-state index contributed by atoms with van der Waals surface area (Å²) in [6.45, 7) is 3.63. The van der Waals surface area contributed by atoms with Crippen molar-refractivity contribution in [2.24, 2.45) is 0 Å². The van der Waals surface area contributed by atoms with Crippen molar-refractivity contribution in [3.63, 3.8) is 0 Å². The predicted molar refractivity (Wildman–Crippen MR) is 72.3 cm³/mol. The maximum Gasteiger partial charge on any atom is 0.255 e. The van der Waals surface area contributed by atoms with Crippen LogP contribution in [0, 0.1) is 6.92 Å². The number of likely N-dealkylation sites (tertiary alicyclic amines) is 1. The van der Waals surface area contributed by atoms with Crippen LogP contribution < -0.4 is 0 Å². The van der Waals surface area contributed by atoms with Crippen molar-refractivity contribution >= 4 is 21.8 Å². The molecule has 0 unspecified atom stereocenters. The summed E-state index contributed by atoms with van der Waals surface area (Å²) in [7, 11) is 4.10. The van der Waals surface area contributed by atoms with E-state index >= 15 is 0 Å². The molecule has 0 radical (unpaired) electrons. The molecule has 1 aliphatic heterocycles. The predicted octanol–water partition coefficient (Wildman–Crippen LogP) is 2.14. The third-order valence-corrected chi connectivity index (χ3v) is 3.98. The third kappa shape index (κ3) is 2.38. The molecule has 3 nitrogen and oxygen atoms in total. The number of carbonyl (C=O) groups is 1. The number of likely N-dealkylation sites (N-methyl/N-ethyl adjacent to an activating group) is 1. The van der Waals surface area contributed by atoms with Crippen LogP contribution in [0.1, 0.15) is 15.9 Å². The topological polar surface area (TPSA) is 23.6 Å². The maximum absolute atomic E-state index is 12.3. The first kappa shape index (κ1) is 12.6. The zero-order valence-corrected chi connectivity index (χ0v) is 12.0. The summed E-state index contributed by atoms with van der Waals surface area (Å²) in [5.41, 5.74) is 1.82. The van der Waals surface area contributed by atoms with Gasteiger partial charge in [0.25, 0.3) is 5.91 Å². The van der Waals surface area contributed by atoms with Crippen LogP contribution in [0.25, 0.3) is 0 Å². The molecule has 0 bridgehead atoms. The second-order valence-electron chi connectivity index (χ2n) is 4.76. The molecule has 0 saturated carbocycles. The summed E-state index contributed by atoms with van der Waals surface area (Å²) in [5, 5.41) is 0. The number of carbonyl (C=O) groups excluding carboxylic acids is 1. The van der Waals surface area contributed by atoms with Crippen molar-refractivity contribution in [2.75, 3.05) is 27.2 Å². The van der Waals surface area contributed by atoms with E-state index < -0.39 is 0 Å². The van der Waals surface area contributed by atoms with Crippen molar-refractivity contribution in [3.05, 3.63) is 33.8 Å². The van der Waals surface area contributed by atoms with Gasteiger partial charge in [-0.05, 0) is 48.6 Å². The Hall–Kier alpha value is -0.870. The number of amides is 1. The molecule has 92 valence electrons. The van der Waals surface area contributed by atoms with Gasteiger partial charge in [-0.25, -0.2) is 0 Å². The van der Waals surface area contributed by atoms with Crippen LogP contribution in [0.5, 0.6) is 0 Å². The molecule has 1 aromatic carbocycles. The first-order chi connectivity index (χ1) is 8.00. The van der Waals surface area contributed by atoms with Crippen LogP contribution in [0.4, 0.5) is 0 Å². The first-order valence-electron chi connectivity index (χ1n) is 5.71. The molecule has 1 aromatic rings. The van der Waals surface area contributed by atoms with E-state index in [0.29, 0.717) is 6.04 Å². The molecule has 1 amide bonds. The zero-order chi connectivity index (χ0) is 12.6. The number of rotatable bonds is 2. The average molecular weight is 297 g/mol. The highest BCUT2D eigenvalue weighted by Crippen LogP contribution is 2.24. The lowest BCUT2D eigenvalue weighted by atomic mass is 10.0. The fourth-order valence-electron chi connectivity index (χ4n) is 2.01. The molecule has 1 saturated heterocycles. The molecule has 17 heavy (non-hydrogen) atoms. The average Bonchev–Trinajstić information content (AvgIpc) is 2.13. The van der Waals surface area contributed by atoms with Crippen LogP contribution >= 0.6 is 15.9 Å². The molecule has 0 spiro atoms. The Morgan fingerprint density at radius 3 is 2.59 bits per heavy atom. The Labute approximate surface area is 111 Å². The Morgan fingerprint density at radius 2 is 2.06 bits per heavy atom. The molecular formula is C13H17BrN2O. The number of aryl methyl sites for hydroxylation is 1. The molecule has 1 aliphatic rings. The van der Waals surface area contributed by atoms with Gasteiger partial charge < -0.3 is 9.80 Å². The van der Waals surface area contributed by atoms with Gasteiger partial charge in [-0.3, -0.25) is 4.79 Å². The van der Waals surface area contributed by atoms with Crippen molar-refractivity contribution in [2.45, 2.75) is 13.0 Å². The van der Waals surface area contributed by atoms with Gasteiger partial charge in [-0.15, -0.1) is 0 Å². The second-order valence-corrected chi connectivity index (χ2v) is 5.61. The molecule has 0 aliphatic carbocycles. The summed E-state index contributed by atoms with van der Waals surface area (Å²) in [4.78, 5) is 16.4. The molecule has 1 fully saturated rings. The number of nitrogens with zero attached hydrogens (tertiary/aromatic N) is 2. The van der Waals surface area contributed by atoms with E-state index in [4.69, 9.17) is 0 Å². The molecule has 1 heterocycles. The summed E-state index contributed by atoms with van der Waals surface area (Å²) >= 11 is 3.46. The molecule has 0 aromatic heterocycles. The van der Waals surface area contributed by atoms with Crippen molar-refractivity contribution in [1.29, 1.82) is 0 Å². The fraction of sp³-hybridized carbons (Fsp3) is 0.462. The number of hydrogen-bond donors (Lipinski definition) is 0. The van der Waals surface area contributed by atoms with E-state index in [1.54, 1.807) is 0 Å². The van der Waals surface area contributed by atoms with Gasteiger partial charge in [-0.2, -0.15) is 0 Å². The Bertz CT molecular complexity index is 419. The van der Waals surface area contributed by atoms with Crippen LogP contribution in [0.2, 0.25) is 0 Å². The minimum absolute atomic E-state index is 0.132. The Balaban J connectivity index is 2.12. The van der Waals surface area contributed by atoms with Gasteiger partial charge in [0.2, 0.25) is 0 Å². The lowest BCUT2D eigenvalue weighted by molar-refractivity contribution is 0.0398. The van der Waals surface area contributed by atoms with Crippen LogP contribution in [0.3, 0.4) is 0 Å². The van der Waals surface area contributed by atoms with Crippen LogP contribution in [0.15, 0.2) is 22.7 Å². The SMILES string of the molecule is Cc1cccc(Br)c1C(=O)N1CC(N(C)C)C1. The molecule has 0 N–H and O–H groups in total. The number of benzene rings is 1. The van der Waals surface area contributed by atoms with Crippen LogP contribution in [-0.2, 0) is 0 Å². The molecule has 0 atom stereocenters. The summed E-state index contributed by atoms with van der Waals surface area (Å²) in [5.74, 6) is 0.132. The standard InChI is InChI=1S/C13H17BrN2O/c1-9-5-4-6-11(14)12(9)13(17)16-7-10(8-16)15(2)3/h4-6,10H,7-8H2,1-3H3. The highest BCUT2D eigenvalue weighted by Gasteiger charge is 2.33. The van der Waals surface area contributed by atoms with Gasteiger partial charge in [0.1, 0.15) is 0 Å². The largest absolute Gasteiger partial charge is 0.335 e. The van der Waals surface area contributed by atoms with Crippen molar-refractivity contribution in [3.8, 4) is 0 Å². The smallest absolute Gasteiger partial charge is 0.255 e. The van der Waals surface area contributed by atoms with E-state index in [1.807, 2.05) is 30.0 Å². The minimum atomic E-state index is 0.132. The lowest BCUT2D eigenvalue weighted by Crippen LogP contribution is -2.59. The van der Waals surface area contributed by atoms with Gasteiger partial charge in [0.15, 0.2) is 0 Å². The van der Waals surface area contributed by atoms with Crippen molar-refractivity contribution in [1.82, 2.24) is 9.80 Å². The summed E-state index contributed by atoms with van der Waals surface area (Å²) < 4.78 is 0.885. The van der Waals surface area contributed by atoms with E-state index in [0.717, 1.165) is 28.7 Å². The van der Waals surface area contributed by atoms with E-state index in [2.05, 4.69) is 34.9 Å². The van der Waals surface area contributed by atoms with Crippen LogP contribution in [-0.4, -0.2) is 48.9 Å². The van der Waals surface area contributed by atoms with Gasteiger partial charge in [0.05, 0.1) is 5.56 Å². The van der Waals surface area contributed by atoms with Gasteiger partial charge in [-0.1, -0.05) is 12.1 Å². The fourth-order valence-corrected chi connectivity index (χ4v) is 2.64. The molecule has 2 rings (SSSR count). The highest BCUT2D eigenvalue weighted by atomic mass is 79.9. The summed E-state index contributed by atoms with van der Waals surface area (Å²) in [6, 6.07) is 6.35. The normalized spacial score (nSPS) is 16.2. The minimum Gasteiger partial charge on any atom is -0.335 e. The zero-order valence-electron chi connectivity index (χ0n) is 10.4.